The average molecular weight is 411 g/mol. The van der Waals surface area contributed by atoms with Crippen molar-refractivity contribution in [3.63, 3.8) is 0 Å². The van der Waals surface area contributed by atoms with Crippen molar-refractivity contribution in [2.75, 3.05) is 25.7 Å². The summed E-state index contributed by atoms with van der Waals surface area (Å²) in [6.07, 6.45) is 0.219. The van der Waals surface area contributed by atoms with E-state index >= 15 is 0 Å². The summed E-state index contributed by atoms with van der Waals surface area (Å²) in [4.78, 5) is 27.2. The number of rotatable bonds is 7. The molecule has 1 heterocycles. The second-order valence-electron chi connectivity index (χ2n) is 8.00. The number of carbonyl (C=O) groups excluding carboxylic acids is 2. The summed E-state index contributed by atoms with van der Waals surface area (Å²) in [5, 5.41) is 3.03. The fourth-order valence-corrected chi connectivity index (χ4v) is 3.72. The van der Waals surface area contributed by atoms with Crippen molar-refractivity contribution in [1.82, 2.24) is 5.32 Å². The molecule has 2 atom stereocenters. The van der Waals surface area contributed by atoms with Gasteiger partial charge in [-0.25, -0.2) is 0 Å². The maximum atomic E-state index is 12.9. The molecule has 0 saturated carbocycles. The van der Waals surface area contributed by atoms with E-state index in [1.54, 1.807) is 19.1 Å². The molecule has 1 saturated heterocycles. The molecule has 3 rings (SSSR count). The smallest absolute Gasteiger partial charge is 0.227 e. The van der Waals surface area contributed by atoms with Gasteiger partial charge in [0.05, 0.1) is 26.2 Å². The normalized spacial score (nSPS) is 17.2. The summed E-state index contributed by atoms with van der Waals surface area (Å²) in [5.74, 6) is 1.12. The van der Waals surface area contributed by atoms with E-state index in [2.05, 4.69) is 25.2 Å². The van der Waals surface area contributed by atoms with Crippen molar-refractivity contribution >= 4 is 17.5 Å². The summed E-state index contributed by atoms with van der Waals surface area (Å²) in [5.41, 5.74) is 2.94. The SMILES string of the molecule is COc1ccc(C(C)NC(=O)C2CC(=O)N(c3cccc(C(C)C)c3)C2)cc1OC. The number of nitrogens with one attached hydrogen (secondary N) is 1. The van der Waals surface area contributed by atoms with Crippen molar-refractivity contribution in [2.45, 2.75) is 39.2 Å². The number of carbonyl (C=O) groups is 2. The molecule has 2 unspecified atom stereocenters. The van der Waals surface area contributed by atoms with E-state index in [4.69, 9.17) is 9.47 Å². The Morgan fingerprint density at radius 3 is 2.43 bits per heavy atom. The van der Waals surface area contributed by atoms with Crippen molar-refractivity contribution in [3.05, 3.63) is 53.6 Å². The monoisotopic (exact) mass is 410 g/mol. The van der Waals surface area contributed by atoms with Crippen LogP contribution in [0, 0.1) is 5.92 Å². The van der Waals surface area contributed by atoms with Crippen molar-refractivity contribution in [3.8, 4) is 11.5 Å². The molecule has 1 N–H and O–H groups in total. The largest absolute Gasteiger partial charge is 0.493 e. The van der Waals surface area contributed by atoms with E-state index in [0.717, 1.165) is 11.3 Å². The fraction of sp³-hybridized carbons (Fsp3) is 0.417. The number of anilines is 1. The second kappa shape index (κ2) is 9.20. The molecule has 6 heteroatoms. The van der Waals surface area contributed by atoms with Gasteiger partial charge in [-0.15, -0.1) is 0 Å². The highest BCUT2D eigenvalue weighted by Crippen LogP contribution is 2.31. The van der Waals surface area contributed by atoms with Gasteiger partial charge in [0.2, 0.25) is 11.8 Å². The first-order chi connectivity index (χ1) is 14.3. The van der Waals surface area contributed by atoms with Gasteiger partial charge in [-0.3, -0.25) is 9.59 Å². The molecule has 1 aliphatic rings. The summed E-state index contributed by atoms with van der Waals surface area (Å²) < 4.78 is 10.6. The summed E-state index contributed by atoms with van der Waals surface area (Å²) >= 11 is 0. The van der Waals surface area contributed by atoms with Gasteiger partial charge >= 0.3 is 0 Å². The predicted octanol–water partition coefficient (Wildman–Crippen LogP) is 4.06. The van der Waals surface area contributed by atoms with Crippen LogP contribution in [0.3, 0.4) is 0 Å². The molecule has 0 bridgehead atoms. The summed E-state index contributed by atoms with van der Waals surface area (Å²) in [6.45, 7) is 6.55. The zero-order valence-corrected chi connectivity index (χ0v) is 18.3. The van der Waals surface area contributed by atoms with E-state index < -0.39 is 0 Å². The number of hydrogen-bond acceptors (Lipinski definition) is 4. The maximum Gasteiger partial charge on any atom is 0.227 e. The minimum absolute atomic E-state index is 0.0187. The van der Waals surface area contributed by atoms with Gasteiger partial charge in [0, 0.05) is 18.7 Å². The lowest BCUT2D eigenvalue weighted by atomic mass is 10.0. The molecule has 2 aromatic carbocycles. The molecule has 0 radical (unpaired) electrons. The molecule has 1 aliphatic heterocycles. The minimum atomic E-state index is -0.372. The van der Waals surface area contributed by atoms with E-state index in [1.807, 2.05) is 43.3 Å². The summed E-state index contributed by atoms with van der Waals surface area (Å²) in [6, 6.07) is 13.3. The Morgan fingerprint density at radius 1 is 1.03 bits per heavy atom. The van der Waals surface area contributed by atoms with E-state index in [-0.39, 0.29) is 30.2 Å². The van der Waals surface area contributed by atoms with Crippen molar-refractivity contribution in [2.24, 2.45) is 5.92 Å². The van der Waals surface area contributed by atoms with Gasteiger partial charge in [-0.2, -0.15) is 0 Å². The third kappa shape index (κ3) is 4.58. The Bertz CT molecular complexity index is 925. The molecular formula is C24H30N2O4. The van der Waals surface area contributed by atoms with Crippen LogP contribution in [0.2, 0.25) is 0 Å². The van der Waals surface area contributed by atoms with Crippen LogP contribution in [0.4, 0.5) is 5.69 Å². The Labute approximate surface area is 178 Å². The Hall–Kier alpha value is -3.02. The Kier molecular flexibility index (Phi) is 6.65. The average Bonchev–Trinajstić information content (AvgIpc) is 3.15. The Morgan fingerprint density at radius 2 is 1.77 bits per heavy atom. The van der Waals surface area contributed by atoms with E-state index in [0.29, 0.717) is 24.0 Å². The van der Waals surface area contributed by atoms with Crippen LogP contribution in [0.1, 0.15) is 50.3 Å². The van der Waals surface area contributed by atoms with Crippen LogP contribution in [-0.4, -0.2) is 32.6 Å². The lowest BCUT2D eigenvalue weighted by Crippen LogP contribution is -2.34. The fourth-order valence-electron chi connectivity index (χ4n) is 3.72. The highest BCUT2D eigenvalue weighted by Gasteiger charge is 2.35. The topological polar surface area (TPSA) is 67.9 Å². The quantitative estimate of drug-likeness (QED) is 0.748. The van der Waals surface area contributed by atoms with Crippen LogP contribution in [0.5, 0.6) is 11.5 Å². The number of nitrogens with zero attached hydrogens (tertiary/aromatic N) is 1. The number of methoxy groups -OCH3 is 2. The second-order valence-corrected chi connectivity index (χ2v) is 8.00. The van der Waals surface area contributed by atoms with Crippen molar-refractivity contribution < 1.29 is 19.1 Å². The van der Waals surface area contributed by atoms with E-state index in [9.17, 15) is 9.59 Å². The molecule has 0 aliphatic carbocycles. The molecule has 2 aromatic rings. The minimum Gasteiger partial charge on any atom is -0.493 e. The standard InChI is InChI=1S/C24H30N2O4/c1-15(2)17-7-6-8-20(11-17)26-14-19(13-23(26)27)24(28)25-16(3)18-9-10-21(29-4)22(12-18)30-5/h6-12,15-16,19H,13-14H2,1-5H3,(H,25,28). The first kappa shape index (κ1) is 21.7. The lowest BCUT2D eigenvalue weighted by molar-refractivity contribution is -0.126. The molecule has 0 aromatic heterocycles. The molecule has 2 amide bonds. The Balaban J connectivity index is 1.68. The predicted molar refractivity (Wildman–Crippen MR) is 117 cm³/mol. The third-order valence-corrected chi connectivity index (χ3v) is 5.61. The molecule has 0 spiro atoms. The van der Waals surface area contributed by atoms with Crippen molar-refractivity contribution in [1.29, 1.82) is 0 Å². The number of amides is 2. The number of benzene rings is 2. The maximum absolute atomic E-state index is 12.9. The van der Waals surface area contributed by atoms with Gasteiger partial charge in [0.25, 0.3) is 0 Å². The van der Waals surface area contributed by atoms with Crippen LogP contribution < -0.4 is 19.7 Å². The van der Waals surface area contributed by atoms with Crippen LogP contribution in [0.15, 0.2) is 42.5 Å². The molecular weight excluding hydrogens is 380 g/mol. The molecule has 160 valence electrons. The molecule has 1 fully saturated rings. The van der Waals surface area contributed by atoms with Crippen LogP contribution >= 0.6 is 0 Å². The van der Waals surface area contributed by atoms with Gasteiger partial charge in [0.15, 0.2) is 11.5 Å². The molecule has 6 nitrogen and oxygen atoms in total. The lowest BCUT2D eigenvalue weighted by Gasteiger charge is -2.20. The van der Waals surface area contributed by atoms with Gasteiger partial charge in [0.1, 0.15) is 0 Å². The highest BCUT2D eigenvalue weighted by atomic mass is 16.5. The number of ether oxygens (including phenoxy) is 2. The van der Waals surface area contributed by atoms with Gasteiger partial charge < -0.3 is 19.7 Å². The van der Waals surface area contributed by atoms with Gasteiger partial charge in [-0.1, -0.05) is 32.0 Å². The molecule has 30 heavy (non-hydrogen) atoms. The van der Waals surface area contributed by atoms with Crippen LogP contribution in [0.25, 0.3) is 0 Å². The summed E-state index contributed by atoms with van der Waals surface area (Å²) in [7, 11) is 3.17. The first-order valence-corrected chi connectivity index (χ1v) is 10.3. The zero-order chi connectivity index (χ0) is 21.8. The first-order valence-electron chi connectivity index (χ1n) is 10.3. The zero-order valence-electron chi connectivity index (χ0n) is 18.3. The van der Waals surface area contributed by atoms with Gasteiger partial charge in [-0.05, 0) is 48.2 Å². The van der Waals surface area contributed by atoms with Crippen LogP contribution in [-0.2, 0) is 9.59 Å². The third-order valence-electron chi connectivity index (χ3n) is 5.61. The number of hydrogen-bond donors (Lipinski definition) is 1. The highest BCUT2D eigenvalue weighted by molar-refractivity contribution is 6.00. The van der Waals surface area contributed by atoms with E-state index in [1.165, 1.54) is 5.56 Å².